The van der Waals surface area contributed by atoms with E-state index in [0.29, 0.717) is 22.5 Å². The molecule has 0 amide bonds. The minimum Gasteiger partial charge on any atom is -0.251 e. The van der Waals surface area contributed by atoms with E-state index < -0.39 is 0 Å². The van der Waals surface area contributed by atoms with Gasteiger partial charge in [-0.2, -0.15) is 0 Å². The molecule has 3 aromatic rings. The van der Waals surface area contributed by atoms with Gasteiger partial charge in [-0.1, -0.05) is 26.8 Å². The standard InChI is InChI=1S/C18H19FN2/c1-5-12-9-16(10(2)3)21-17-13(12)6-7-14-15(19)8-11(4)20-18(14)17/h6-10H,5H2,1-4H3. The molecule has 0 unspecified atom stereocenters. The average molecular weight is 282 g/mol. The summed E-state index contributed by atoms with van der Waals surface area (Å²) in [7, 11) is 0. The van der Waals surface area contributed by atoms with Crippen LogP contribution >= 0.6 is 0 Å². The molecule has 2 nitrogen and oxygen atoms in total. The second-order valence-corrected chi connectivity index (χ2v) is 5.82. The van der Waals surface area contributed by atoms with E-state index in [1.54, 1.807) is 0 Å². The van der Waals surface area contributed by atoms with E-state index in [0.717, 1.165) is 23.0 Å². The molecule has 2 heterocycles. The Morgan fingerprint density at radius 1 is 1.05 bits per heavy atom. The third-order valence-electron chi connectivity index (χ3n) is 3.91. The van der Waals surface area contributed by atoms with Crippen LogP contribution in [-0.2, 0) is 6.42 Å². The highest BCUT2D eigenvalue weighted by Crippen LogP contribution is 2.29. The van der Waals surface area contributed by atoms with Crippen LogP contribution in [0.1, 0.15) is 43.6 Å². The number of pyridine rings is 2. The molecule has 0 radical (unpaired) electrons. The van der Waals surface area contributed by atoms with E-state index in [-0.39, 0.29) is 5.82 Å². The number of aryl methyl sites for hydroxylation is 2. The van der Waals surface area contributed by atoms with Gasteiger partial charge >= 0.3 is 0 Å². The Kier molecular flexibility index (Phi) is 3.36. The molecule has 0 saturated heterocycles. The van der Waals surface area contributed by atoms with Gasteiger partial charge in [-0.3, -0.25) is 9.97 Å². The summed E-state index contributed by atoms with van der Waals surface area (Å²) in [4.78, 5) is 9.30. The first-order valence-corrected chi connectivity index (χ1v) is 7.40. The fourth-order valence-electron chi connectivity index (χ4n) is 2.73. The van der Waals surface area contributed by atoms with Gasteiger partial charge in [0.25, 0.3) is 0 Å². The average Bonchev–Trinajstić information content (AvgIpc) is 2.45. The molecular weight excluding hydrogens is 263 g/mol. The molecule has 0 fully saturated rings. The Morgan fingerprint density at radius 2 is 1.71 bits per heavy atom. The predicted octanol–water partition coefficient (Wildman–Crippen LogP) is 4.92. The van der Waals surface area contributed by atoms with Crippen LogP contribution in [0.25, 0.3) is 21.8 Å². The fraction of sp³-hybridized carbons (Fsp3) is 0.333. The highest BCUT2D eigenvalue weighted by Gasteiger charge is 2.13. The van der Waals surface area contributed by atoms with E-state index in [4.69, 9.17) is 4.98 Å². The molecule has 3 heteroatoms. The molecule has 0 aliphatic rings. The van der Waals surface area contributed by atoms with Gasteiger partial charge in [0, 0.05) is 22.2 Å². The normalized spacial score (nSPS) is 11.7. The minimum atomic E-state index is -0.228. The number of hydrogen-bond donors (Lipinski definition) is 0. The van der Waals surface area contributed by atoms with Crippen molar-refractivity contribution in [1.82, 2.24) is 9.97 Å². The summed E-state index contributed by atoms with van der Waals surface area (Å²) in [6, 6.07) is 7.41. The zero-order chi connectivity index (χ0) is 15.1. The van der Waals surface area contributed by atoms with Gasteiger partial charge in [-0.05, 0) is 43.0 Å². The van der Waals surface area contributed by atoms with E-state index >= 15 is 0 Å². The molecule has 0 saturated carbocycles. The molecule has 21 heavy (non-hydrogen) atoms. The first kappa shape index (κ1) is 13.9. The molecule has 0 spiro atoms. The monoisotopic (exact) mass is 282 g/mol. The zero-order valence-electron chi connectivity index (χ0n) is 12.9. The lowest BCUT2D eigenvalue weighted by atomic mass is 9.99. The van der Waals surface area contributed by atoms with Crippen LogP contribution in [0.5, 0.6) is 0 Å². The van der Waals surface area contributed by atoms with Crippen LogP contribution in [0.15, 0.2) is 24.3 Å². The van der Waals surface area contributed by atoms with Crippen LogP contribution < -0.4 is 0 Å². The van der Waals surface area contributed by atoms with E-state index in [2.05, 4.69) is 31.8 Å². The molecule has 0 atom stereocenters. The highest BCUT2D eigenvalue weighted by atomic mass is 19.1. The quantitative estimate of drug-likeness (QED) is 0.624. The van der Waals surface area contributed by atoms with Crippen molar-refractivity contribution in [2.24, 2.45) is 0 Å². The smallest absolute Gasteiger partial charge is 0.134 e. The lowest BCUT2D eigenvalue weighted by Gasteiger charge is -2.12. The maximum absolute atomic E-state index is 14.1. The summed E-state index contributed by atoms with van der Waals surface area (Å²) in [5.41, 5.74) is 4.45. The summed E-state index contributed by atoms with van der Waals surface area (Å²) >= 11 is 0. The molecule has 2 aromatic heterocycles. The first-order chi connectivity index (χ1) is 10.0. The van der Waals surface area contributed by atoms with Crippen molar-refractivity contribution in [1.29, 1.82) is 0 Å². The summed E-state index contributed by atoms with van der Waals surface area (Å²) in [5, 5.41) is 1.62. The number of aromatic nitrogens is 2. The summed E-state index contributed by atoms with van der Waals surface area (Å²) in [6.45, 7) is 8.19. The molecule has 3 rings (SSSR count). The van der Waals surface area contributed by atoms with Crippen LogP contribution in [0.4, 0.5) is 4.39 Å². The zero-order valence-corrected chi connectivity index (χ0v) is 12.9. The second kappa shape index (κ2) is 5.06. The molecule has 108 valence electrons. The number of rotatable bonds is 2. The Labute approximate surface area is 124 Å². The van der Waals surface area contributed by atoms with E-state index in [1.807, 2.05) is 19.1 Å². The van der Waals surface area contributed by atoms with Crippen LogP contribution in [-0.4, -0.2) is 9.97 Å². The summed E-state index contributed by atoms with van der Waals surface area (Å²) < 4.78 is 14.1. The van der Waals surface area contributed by atoms with Crippen molar-refractivity contribution >= 4 is 21.8 Å². The minimum absolute atomic E-state index is 0.228. The Bertz CT molecular complexity index is 838. The highest BCUT2D eigenvalue weighted by molar-refractivity contribution is 6.04. The van der Waals surface area contributed by atoms with Crippen molar-refractivity contribution < 1.29 is 4.39 Å². The van der Waals surface area contributed by atoms with Crippen molar-refractivity contribution in [3.05, 3.63) is 47.0 Å². The molecule has 0 N–H and O–H groups in total. The topological polar surface area (TPSA) is 25.8 Å². The second-order valence-electron chi connectivity index (χ2n) is 5.82. The molecule has 0 aliphatic heterocycles. The number of fused-ring (bicyclic) bond motifs is 3. The fourth-order valence-corrected chi connectivity index (χ4v) is 2.73. The summed E-state index contributed by atoms with van der Waals surface area (Å²) in [6.07, 6.45) is 0.929. The van der Waals surface area contributed by atoms with Crippen LogP contribution in [0.3, 0.4) is 0 Å². The molecule has 1 aromatic carbocycles. The first-order valence-electron chi connectivity index (χ1n) is 7.40. The number of nitrogens with zero attached hydrogens (tertiary/aromatic N) is 2. The predicted molar refractivity (Wildman–Crippen MR) is 85.2 cm³/mol. The molecule has 0 aliphatic carbocycles. The van der Waals surface area contributed by atoms with Gasteiger partial charge in [0.2, 0.25) is 0 Å². The van der Waals surface area contributed by atoms with Gasteiger partial charge in [0.05, 0.1) is 11.0 Å². The van der Waals surface area contributed by atoms with E-state index in [1.165, 1.54) is 11.6 Å². The lowest BCUT2D eigenvalue weighted by Crippen LogP contribution is -1.99. The molecule has 0 bridgehead atoms. The number of halogens is 1. The van der Waals surface area contributed by atoms with Crippen molar-refractivity contribution in [2.75, 3.05) is 0 Å². The van der Waals surface area contributed by atoms with Gasteiger partial charge in [0.1, 0.15) is 5.82 Å². The maximum Gasteiger partial charge on any atom is 0.134 e. The summed E-state index contributed by atoms with van der Waals surface area (Å²) in [5.74, 6) is 0.110. The van der Waals surface area contributed by atoms with Gasteiger partial charge in [0.15, 0.2) is 0 Å². The van der Waals surface area contributed by atoms with Crippen LogP contribution in [0.2, 0.25) is 0 Å². The van der Waals surface area contributed by atoms with E-state index in [9.17, 15) is 4.39 Å². The number of benzene rings is 1. The Hall–Kier alpha value is -2.03. The third kappa shape index (κ3) is 2.27. The van der Waals surface area contributed by atoms with Crippen molar-refractivity contribution in [3.8, 4) is 0 Å². The molecular formula is C18H19FN2. The van der Waals surface area contributed by atoms with Gasteiger partial charge in [-0.25, -0.2) is 4.39 Å². The van der Waals surface area contributed by atoms with Gasteiger partial charge < -0.3 is 0 Å². The lowest BCUT2D eigenvalue weighted by molar-refractivity contribution is 0.637. The van der Waals surface area contributed by atoms with Crippen molar-refractivity contribution in [3.63, 3.8) is 0 Å². The SMILES string of the molecule is CCc1cc(C(C)C)nc2c1ccc1c(F)cc(C)nc12. The van der Waals surface area contributed by atoms with Crippen molar-refractivity contribution in [2.45, 2.75) is 40.0 Å². The largest absolute Gasteiger partial charge is 0.251 e. The maximum atomic E-state index is 14.1. The third-order valence-corrected chi connectivity index (χ3v) is 3.91. The Morgan fingerprint density at radius 3 is 2.38 bits per heavy atom. The van der Waals surface area contributed by atoms with Gasteiger partial charge in [-0.15, -0.1) is 0 Å². The van der Waals surface area contributed by atoms with Crippen LogP contribution in [0, 0.1) is 12.7 Å². The Balaban J connectivity index is 2.50. The number of hydrogen-bond acceptors (Lipinski definition) is 2.